The van der Waals surface area contributed by atoms with Crippen LogP contribution in [0.4, 0.5) is 10.5 Å². The third kappa shape index (κ3) is 4.37. The molecule has 6 heteroatoms. The molecule has 0 bridgehead atoms. The van der Waals surface area contributed by atoms with E-state index in [1.54, 1.807) is 13.2 Å². The molecule has 5 nitrogen and oxygen atoms in total. The highest BCUT2D eigenvalue weighted by atomic mass is 35.5. The molecule has 2 amide bonds. The van der Waals surface area contributed by atoms with Crippen LogP contribution in [0.5, 0.6) is 0 Å². The van der Waals surface area contributed by atoms with Crippen molar-refractivity contribution in [1.82, 2.24) is 9.80 Å². The van der Waals surface area contributed by atoms with E-state index in [1.165, 1.54) is 0 Å². The van der Waals surface area contributed by atoms with Gasteiger partial charge in [-0.1, -0.05) is 24.6 Å². The highest BCUT2D eigenvalue weighted by molar-refractivity contribution is 6.31. The minimum atomic E-state index is -0.106. The van der Waals surface area contributed by atoms with Gasteiger partial charge in [0.15, 0.2) is 0 Å². The van der Waals surface area contributed by atoms with Crippen molar-refractivity contribution < 1.29 is 9.53 Å². The Hall–Kier alpha value is -1.30. The molecule has 2 atom stereocenters. The molecule has 0 unspecified atom stereocenters. The maximum absolute atomic E-state index is 12.6. The van der Waals surface area contributed by atoms with Gasteiger partial charge in [-0.25, -0.2) is 4.79 Å². The summed E-state index contributed by atoms with van der Waals surface area (Å²) in [4.78, 5) is 16.7. The quantitative estimate of drug-likeness (QED) is 0.915. The second-order valence-electron chi connectivity index (χ2n) is 6.34. The Balaban J connectivity index is 2.08. The highest BCUT2D eigenvalue weighted by Crippen LogP contribution is 2.26. The van der Waals surface area contributed by atoms with E-state index < -0.39 is 0 Å². The molecule has 1 fully saturated rings. The van der Waals surface area contributed by atoms with Crippen molar-refractivity contribution in [1.29, 1.82) is 0 Å². The standard InChI is InChI=1S/C17H26ClN3O2/c1-12-10-20(2)9-8-16(12)21(3)17(22)19-15-7-5-6-14(18)13(15)11-23-4/h5-7,12,16H,8-11H2,1-4H3,(H,19,22)/t12-,16+/m1/s1. The van der Waals surface area contributed by atoms with E-state index in [-0.39, 0.29) is 12.1 Å². The van der Waals surface area contributed by atoms with Crippen LogP contribution >= 0.6 is 11.6 Å². The highest BCUT2D eigenvalue weighted by Gasteiger charge is 2.30. The number of ether oxygens (including phenoxy) is 1. The zero-order valence-corrected chi connectivity index (χ0v) is 15.1. The smallest absolute Gasteiger partial charge is 0.321 e. The minimum absolute atomic E-state index is 0.106. The van der Waals surface area contributed by atoms with Crippen LogP contribution < -0.4 is 5.32 Å². The van der Waals surface area contributed by atoms with Gasteiger partial charge >= 0.3 is 6.03 Å². The van der Waals surface area contributed by atoms with Gasteiger partial charge in [0.05, 0.1) is 6.61 Å². The first-order chi connectivity index (χ1) is 10.9. The number of benzene rings is 1. The summed E-state index contributed by atoms with van der Waals surface area (Å²) in [6.45, 7) is 4.58. The van der Waals surface area contributed by atoms with Gasteiger partial charge in [-0.15, -0.1) is 0 Å². The lowest BCUT2D eigenvalue weighted by atomic mass is 9.93. The van der Waals surface area contributed by atoms with Crippen molar-refractivity contribution in [3.05, 3.63) is 28.8 Å². The van der Waals surface area contributed by atoms with Crippen LogP contribution in [-0.4, -0.2) is 56.2 Å². The number of hydrogen-bond acceptors (Lipinski definition) is 3. The van der Waals surface area contributed by atoms with Crippen LogP contribution in [0.1, 0.15) is 18.9 Å². The average molecular weight is 340 g/mol. The van der Waals surface area contributed by atoms with E-state index in [2.05, 4.69) is 24.2 Å². The maximum atomic E-state index is 12.6. The number of amides is 2. The number of methoxy groups -OCH3 is 1. The molecule has 1 saturated heterocycles. The number of nitrogens with zero attached hydrogens (tertiary/aromatic N) is 2. The normalized spacial score (nSPS) is 22.0. The summed E-state index contributed by atoms with van der Waals surface area (Å²) < 4.78 is 5.18. The van der Waals surface area contributed by atoms with Gasteiger partial charge in [-0.3, -0.25) is 0 Å². The monoisotopic (exact) mass is 339 g/mol. The Morgan fingerprint density at radius 2 is 2.26 bits per heavy atom. The molecule has 0 aliphatic carbocycles. The van der Waals surface area contributed by atoms with E-state index in [9.17, 15) is 4.79 Å². The van der Waals surface area contributed by atoms with Crippen molar-refractivity contribution >= 4 is 23.3 Å². The van der Waals surface area contributed by atoms with Gasteiger partial charge in [0, 0.05) is 43.0 Å². The van der Waals surface area contributed by atoms with Crippen LogP contribution in [0.3, 0.4) is 0 Å². The van der Waals surface area contributed by atoms with Crippen molar-refractivity contribution in [3.8, 4) is 0 Å². The summed E-state index contributed by atoms with van der Waals surface area (Å²) in [5.74, 6) is 0.447. The number of carbonyl (C=O) groups excluding carboxylic acids is 1. The van der Waals surface area contributed by atoms with E-state index in [4.69, 9.17) is 16.3 Å². The van der Waals surface area contributed by atoms with E-state index >= 15 is 0 Å². The topological polar surface area (TPSA) is 44.8 Å². The molecule has 1 aromatic rings. The Labute approximate surface area is 143 Å². The Bertz CT molecular complexity index is 553. The molecule has 1 heterocycles. The average Bonchev–Trinajstić information content (AvgIpc) is 2.50. The van der Waals surface area contributed by atoms with Crippen LogP contribution in [0.25, 0.3) is 0 Å². The Kier molecular flexibility index (Phi) is 6.27. The molecule has 1 N–H and O–H groups in total. The van der Waals surface area contributed by atoms with E-state index in [1.807, 2.05) is 24.1 Å². The number of piperidine rings is 1. The fourth-order valence-electron chi connectivity index (χ4n) is 3.24. The zero-order valence-electron chi connectivity index (χ0n) is 14.3. The number of anilines is 1. The Morgan fingerprint density at radius 3 is 2.91 bits per heavy atom. The van der Waals surface area contributed by atoms with Gasteiger partial charge in [-0.2, -0.15) is 0 Å². The lowest BCUT2D eigenvalue weighted by Gasteiger charge is -2.39. The lowest BCUT2D eigenvalue weighted by molar-refractivity contribution is 0.113. The molecular formula is C17H26ClN3O2. The first-order valence-corrected chi connectivity index (χ1v) is 8.30. The van der Waals surface area contributed by atoms with Crippen LogP contribution in [0.15, 0.2) is 18.2 Å². The summed E-state index contributed by atoms with van der Waals surface area (Å²) in [6, 6.07) is 5.62. The molecule has 0 spiro atoms. The van der Waals surface area contributed by atoms with Crippen molar-refractivity contribution in [3.63, 3.8) is 0 Å². The third-order valence-corrected chi connectivity index (χ3v) is 4.88. The number of carbonyl (C=O) groups is 1. The minimum Gasteiger partial charge on any atom is -0.380 e. The number of likely N-dealkylation sites (tertiary alicyclic amines) is 1. The predicted molar refractivity (Wildman–Crippen MR) is 94.0 cm³/mol. The third-order valence-electron chi connectivity index (χ3n) is 4.53. The molecular weight excluding hydrogens is 314 g/mol. The van der Waals surface area contributed by atoms with Gasteiger partial charge in [0.2, 0.25) is 0 Å². The molecule has 0 saturated carbocycles. The van der Waals surface area contributed by atoms with Gasteiger partial charge in [0.1, 0.15) is 0 Å². The van der Waals surface area contributed by atoms with Crippen molar-refractivity contribution in [2.45, 2.75) is 26.0 Å². The lowest BCUT2D eigenvalue weighted by Crippen LogP contribution is -2.50. The van der Waals surface area contributed by atoms with E-state index in [0.717, 1.165) is 25.1 Å². The second-order valence-corrected chi connectivity index (χ2v) is 6.74. The maximum Gasteiger partial charge on any atom is 0.321 e. The number of halogens is 1. The van der Waals surface area contributed by atoms with Crippen molar-refractivity contribution in [2.24, 2.45) is 5.92 Å². The first kappa shape index (κ1) is 18.0. The van der Waals surface area contributed by atoms with Crippen LogP contribution in [0, 0.1) is 5.92 Å². The van der Waals surface area contributed by atoms with E-state index in [0.29, 0.717) is 23.2 Å². The van der Waals surface area contributed by atoms with Crippen LogP contribution in [-0.2, 0) is 11.3 Å². The molecule has 1 aliphatic heterocycles. The summed E-state index contributed by atoms with van der Waals surface area (Å²) in [5.41, 5.74) is 1.51. The molecule has 2 rings (SSSR count). The SMILES string of the molecule is COCc1c(Cl)cccc1NC(=O)N(C)[C@H]1CCN(C)C[C@H]1C. The van der Waals surface area contributed by atoms with Gasteiger partial charge < -0.3 is 19.9 Å². The van der Waals surface area contributed by atoms with Crippen LogP contribution in [0.2, 0.25) is 5.02 Å². The summed E-state index contributed by atoms with van der Waals surface area (Å²) in [6.07, 6.45) is 0.988. The molecule has 23 heavy (non-hydrogen) atoms. The molecule has 0 radical (unpaired) electrons. The predicted octanol–water partition coefficient (Wildman–Crippen LogP) is 3.29. The number of nitrogens with one attached hydrogen (secondary N) is 1. The summed E-state index contributed by atoms with van der Waals surface area (Å²) in [5, 5.41) is 3.57. The fourth-order valence-corrected chi connectivity index (χ4v) is 3.47. The Morgan fingerprint density at radius 1 is 1.52 bits per heavy atom. The largest absolute Gasteiger partial charge is 0.380 e. The molecule has 1 aromatic carbocycles. The number of hydrogen-bond donors (Lipinski definition) is 1. The molecule has 1 aliphatic rings. The fraction of sp³-hybridized carbons (Fsp3) is 0.588. The van der Waals surface area contributed by atoms with Gasteiger partial charge in [0.25, 0.3) is 0 Å². The summed E-state index contributed by atoms with van der Waals surface area (Å²) in [7, 11) is 5.60. The number of rotatable bonds is 4. The first-order valence-electron chi connectivity index (χ1n) is 7.92. The molecule has 0 aromatic heterocycles. The van der Waals surface area contributed by atoms with Crippen molar-refractivity contribution in [2.75, 3.05) is 39.6 Å². The zero-order chi connectivity index (χ0) is 17.0. The van der Waals surface area contributed by atoms with Gasteiger partial charge in [-0.05, 0) is 38.1 Å². The number of urea groups is 1. The summed E-state index contributed by atoms with van der Waals surface area (Å²) >= 11 is 6.21. The second kappa shape index (κ2) is 7.99. The molecule has 128 valence electrons.